The van der Waals surface area contributed by atoms with Gasteiger partial charge in [-0.05, 0) is 62.6 Å². The standard InChI is InChI=1S/C34H39FN4O7S/c1-5-46-33(42)23-9-8-10-24(17-23)38-34(43)37-20-30(40)39-28(32(41)36-19-21(2)3)18-29(31(39)26-11-6-7-12-27(26)35)47(44,45)25-15-13-22(4)14-16-25/h6-17,21,28-29,31H,5,18-20H2,1-4H3,(H,36,41)(H2,37,38,43). The van der Waals surface area contributed by atoms with E-state index in [1.165, 1.54) is 48.5 Å². The van der Waals surface area contributed by atoms with Crippen LogP contribution in [0.1, 0.15) is 54.7 Å². The Bertz CT molecular complexity index is 1730. The predicted molar refractivity (Wildman–Crippen MR) is 174 cm³/mol. The van der Waals surface area contributed by atoms with Crippen molar-refractivity contribution in [2.45, 2.75) is 56.3 Å². The number of amides is 4. The molecule has 3 N–H and O–H groups in total. The van der Waals surface area contributed by atoms with Gasteiger partial charge >= 0.3 is 12.0 Å². The lowest BCUT2D eigenvalue weighted by Crippen LogP contribution is -2.50. The Morgan fingerprint density at radius 3 is 2.34 bits per heavy atom. The van der Waals surface area contributed by atoms with E-state index < -0.39 is 63.3 Å². The van der Waals surface area contributed by atoms with Gasteiger partial charge in [-0.15, -0.1) is 0 Å². The molecule has 0 aliphatic carbocycles. The van der Waals surface area contributed by atoms with Gasteiger partial charge in [0.1, 0.15) is 11.9 Å². The summed E-state index contributed by atoms with van der Waals surface area (Å²) in [5.74, 6) is -2.63. The second kappa shape index (κ2) is 15.2. The molecule has 1 saturated heterocycles. The summed E-state index contributed by atoms with van der Waals surface area (Å²) in [6.07, 6.45) is -0.294. The molecule has 11 nitrogen and oxygen atoms in total. The average molecular weight is 667 g/mol. The Morgan fingerprint density at radius 1 is 0.979 bits per heavy atom. The first kappa shape index (κ1) is 35.1. The van der Waals surface area contributed by atoms with E-state index in [4.69, 9.17) is 4.74 Å². The van der Waals surface area contributed by atoms with Crippen LogP contribution in [0.4, 0.5) is 14.9 Å². The number of anilines is 1. The molecule has 0 radical (unpaired) electrons. The third-order valence-electron chi connectivity index (χ3n) is 7.72. The van der Waals surface area contributed by atoms with E-state index in [1.807, 2.05) is 20.8 Å². The van der Waals surface area contributed by atoms with Crippen LogP contribution in [0.3, 0.4) is 0 Å². The third kappa shape index (κ3) is 8.33. The number of benzene rings is 3. The molecule has 13 heteroatoms. The molecule has 4 rings (SSSR count). The predicted octanol–water partition coefficient (Wildman–Crippen LogP) is 4.39. The maximum Gasteiger partial charge on any atom is 0.338 e. The molecule has 3 atom stereocenters. The number of rotatable bonds is 11. The molecule has 0 spiro atoms. The van der Waals surface area contributed by atoms with Crippen LogP contribution in [0.5, 0.6) is 0 Å². The number of likely N-dealkylation sites (tertiary alicyclic amines) is 1. The van der Waals surface area contributed by atoms with Crippen molar-refractivity contribution in [2.75, 3.05) is 25.0 Å². The van der Waals surface area contributed by atoms with Gasteiger partial charge < -0.3 is 25.6 Å². The van der Waals surface area contributed by atoms with Crippen molar-refractivity contribution in [2.24, 2.45) is 5.92 Å². The topological polar surface area (TPSA) is 151 Å². The molecule has 1 heterocycles. The molecule has 3 unspecified atom stereocenters. The zero-order chi connectivity index (χ0) is 34.3. The Balaban J connectivity index is 1.66. The summed E-state index contributed by atoms with van der Waals surface area (Å²) in [7, 11) is -4.20. The lowest BCUT2D eigenvalue weighted by Gasteiger charge is -2.32. The zero-order valence-electron chi connectivity index (χ0n) is 26.7. The number of carbonyl (C=O) groups is 4. The Hall–Kier alpha value is -4.78. The summed E-state index contributed by atoms with van der Waals surface area (Å²) in [6.45, 7) is 7.05. The molecule has 1 fully saturated rings. The van der Waals surface area contributed by atoms with Crippen LogP contribution in [0.15, 0.2) is 77.7 Å². The SMILES string of the molecule is CCOC(=O)c1cccc(NC(=O)NCC(=O)N2C(C(=O)NCC(C)C)CC(S(=O)(=O)c3ccc(C)cc3)C2c2ccccc2F)c1. The van der Waals surface area contributed by atoms with Crippen molar-refractivity contribution >= 4 is 39.3 Å². The maximum atomic E-state index is 15.4. The highest BCUT2D eigenvalue weighted by Crippen LogP contribution is 2.43. The van der Waals surface area contributed by atoms with E-state index in [0.29, 0.717) is 0 Å². The van der Waals surface area contributed by atoms with Gasteiger partial charge in [-0.3, -0.25) is 9.59 Å². The minimum absolute atomic E-state index is 0.0207. The molecule has 3 aromatic carbocycles. The third-order valence-corrected chi connectivity index (χ3v) is 9.90. The van der Waals surface area contributed by atoms with Crippen molar-refractivity contribution < 1.29 is 36.7 Å². The molecule has 0 aromatic heterocycles. The maximum absolute atomic E-state index is 15.4. The first-order valence-corrected chi connectivity index (χ1v) is 16.8. The van der Waals surface area contributed by atoms with Crippen LogP contribution < -0.4 is 16.0 Å². The number of sulfone groups is 1. The van der Waals surface area contributed by atoms with E-state index in [0.717, 1.165) is 16.5 Å². The Labute approximate surface area is 273 Å². The van der Waals surface area contributed by atoms with Crippen molar-refractivity contribution in [1.82, 2.24) is 15.5 Å². The molecule has 1 aliphatic heterocycles. The molecule has 3 aromatic rings. The van der Waals surface area contributed by atoms with Crippen molar-refractivity contribution in [1.29, 1.82) is 0 Å². The highest BCUT2D eigenvalue weighted by molar-refractivity contribution is 7.92. The number of nitrogens with zero attached hydrogens (tertiary/aromatic N) is 1. The molecule has 0 bridgehead atoms. The smallest absolute Gasteiger partial charge is 0.338 e. The number of hydrogen-bond donors (Lipinski definition) is 3. The van der Waals surface area contributed by atoms with Gasteiger partial charge in [0, 0.05) is 17.8 Å². The summed E-state index contributed by atoms with van der Waals surface area (Å²) in [4.78, 5) is 53.5. The van der Waals surface area contributed by atoms with Gasteiger partial charge in [0.05, 0.1) is 34.9 Å². The number of hydrogen-bond acceptors (Lipinski definition) is 7. The summed E-state index contributed by atoms with van der Waals surface area (Å²) >= 11 is 0. The molecular weight excluding hydrogens is 627 g/mol. The summed E-state index contributed by atoms with van der Waals surface area (Å²) in [5, 5.41) is 6.38. The average Bonchev–Trinajstić information content (AvgIpc) is 3.45. The van der Waals surface area contributed by atoms with Gasteiger partial charge in [-0.1, -0.05) is 55.8 Å². The fourth-order valence-corrected chi connectivity index (χ4v) is 7.36. The fourth-order valence-electron chi connectivity index (χ4n) is 5.45. The van der Waals surface area contributed by atoms with Crippen molar-refractivity contribution in [3.05, 3.63) is 95.3 Å². The van der Waals surface area contributed by atoms with Crippen LogP contribution in [-0.2, 0) is 24.2 Å². The minimum atomic E-state index is -4.20. The molecule has 0 saturated carbocycles. The lowest BCUT2D eigenvalue weighted by atomic mass is 10.0. The zero-order valence-corrected chi connectivity index (χ0v) is 27.5. The molecule has 250 valence electrons. The van der Waals surface area contributed by atoms with E-state index >= 15 is 4.39 Å². The second-order valence-electron chi connectivity index (χ2n) is 11.7. The van der Waals surface area contributed by atoms with Crippen molar-refractivity contribution in [3.63, 3.8) is 0 Å². The van der Waals surface area contributed by atoms with Crippen molar-refractivity contribution in [3.8, 4) is 0 Å². The van der Waals surface area contributed by atoms with Gasteiger partial charge in [0.25, 0.3) is 0 Å². The molecule has 4 amide bonds. The van der Waals surface area contributed by atoms with E-state index in [9.17, 15) is 27.6 Å². The van der Waals surface area contributed by atoms with Gasteiger partial charge in [0.15, 0.2) is 9.84 Å². The van der Waals surface area contributed by atoms with Crippen LogP contribution in [-0.4, -0.2) is 68.1 Å². The number of ether oxygens (including phenoxy) is 1. The summed E-state index contributed by atoms with van der Waals surface area (Å²) in [6, 6.07) is 14.3. The van der Waals surface area contributed by atoms with Crippen LogP contribution in [0.2, 0.25) is 0 Å². The van der Waals surface area contributed by atoms with Gasteiger partial charge in [-0.2, -0.15) is 0 Å². The second-order valence-corrected chi connectivity index (χ2v) is 13.8. The monoisotopic (exact) mass is 666 g/mol. The molecule has 1 aliphatic rings. The first-order valence-electron chi connectivity index (χ1n) is 15.3. The Morgan fingerprint density at radius 2 is 1.68 bits per heavy atom. The molecular formula is C34H39FN4O7S. The first-order chi connectivity index (χ1) is 22.3. The van der Waals surface area contributed by atoms with E-state index in [2.05, 4.69) is 16.0 Å². The largest absolute Gasteiger partial charge is 0.462 e. The fraction of sp³-hybridized carbons (Fsp3) is 0.353. The van der Waals surface area contributed by atoms with E-state index in [-0.39, 0.29) is 47.2 Å². The van der Waals surface area contributed by atoms with E-state index in [1.54, 1.807) is 25.1 Å². The van der Waals surface area contributed by atoms with Crippen LogP contribution in [0.25, 0.3) is 0 Å². The normalized spacial score (nSPS) is 17.7. The van der Waals surface area contributed by atoms with Crippen LogP contribution in [0, 0.1) is 18.7 Å². The number of aryl methyl sites for hydroxylation is 1. The van der Waals surface area contributed by atoms with Gasteiger partial charge in [0.2, 0.25) is 11.8 Å². The summed E-state index contributed by atoms with van der Waals surface area (Å²) in [5.41, 5.74) is 1.23. The number of halogens is 1. The van der Waals surface area contributed by atoms with Crippen LogP contribution >= 0.6 is 0 Å². The molecule has 47 heavy (non-hydrogen) atoms. The van der Waals surface area contributed by atoms with Gasteiger partial charge in [-0.25, -0.2) is 22.4 Å². The summed E-state index contributed by atoms with van der Waals surface area (Å²) < 4.78 is 48.7. The lowest BCUT2D eigenvalue weighted by molar-refractivity contribution is -0.139. The number of esters is 1. The number of urea groups is 1. The Kier molecular flexibility index (Phi) is 11.3. The minimum Gasteiger partial charge on any atom is -0.462 e. The highest BCUT2D eigenvalue weighted by Gasteiger charge is 2.53. The quantitative estimate of drug-likeness (QED) is 0.257. The number of carbonyl (C=O) groups excluding carboxylic acids is 4. The highest BCUT2D eigenvalue weighted by atomic mass is 32.2. The number of nitrogens with one attached hydrogen (secondary N) is 3.